The van der Waals surface area contributed by atoms with Gasteiger partial charge in [0, 0.05) is 22.2 Å². The molecule has 0 bridgehead atoms. The van der Waals surface area contributed by atoms with Crippen molar-refractivity contribution in [3.05, 3.63) is 81.6 Å². The quantitative estimate of drug-likeness (QED) is 0.309. The summed E-state index contributed by atoms with van der Waals surface area (Å²) in [4.78, 5) is 24.7. The molecule has 3 rings (SSSR count). The molecule has 2 N–H and O–H groups in total. The minimum absolute atomic E-state index is 0.0786. The fourth-order valence-corrected chi connectivity index (χ4v) is 3.87. The lowest BCUT2D eigenvalue weighted by atomic mass is 10.2. The summed E-state index contributed by atoms with van der Waals surface area (Å²) < 4.78 is 1.78. The average molecular weight is 511 g/mol. The normalized spacial score (nSPS) is 10.6. The molecule has 3 aromatic rings. The molecule has 0 atom stereocenters. The van der Waals surface area contributed by atoms with Gasteiger partial charge in [0.25, 0.3) is 5.91 Å². The maximum Gasteiger partial charge on any atom is 0.251 e. The fraction of sp³-hybridized carbons (Fsp3) is 0.143. The predicted octanol–water partition coefficient (Wildman–Crippen LogP) is 5.09. The smallest absolute Gasteiger partial charge is 0.251 e. The van der Waals surface area contributed by atoms with Crippen LogP contribution in [0.5, 0.6) is 0 Å². The number of anilines is 1. The van der Waals surface area contributed by atoms with Gasteiger partial charge in [-0.2, -0.15) is 0 Å². The molecule has 32 heavy (non-hydrogen) atoms. The van der Waals surface area contributed by atoms with Gasteiger partial charge in [-0.3, -0.25) is 9.59 Å². The van der Waals surface area contributed by atoms with E-state index in [1.165, 1.54) is 11.8 Å². The standard InChI is InChI=1S/C21H18Cl3N5O2S/c1-2-9-29-18(11-25-20(31)13-3-5-14(22)6-4-13)27-28-21(29)32-12-19(30)26-17-10-15(23)7-8-16(17)24/h2-8,10H,1,9,11-12H2,(H,25,31)(H,26,30). The monoisotopic (exact) mass is 509 g/mol. The number of nitrogens with one attached hydrogen (secondary N) is 2. The summed E-state index contributed by atoms with van der Waals surface area (Å²) in [6, 6.07) is 11.4. The van der Waals surface area contributed by atoms with Gasteiger partial charge in [0.05, 0.1) is 23.0 Å². The van der Waals surface area contributed by atoms with E-state index in [0.717, 1.165) is 0 Å². The lowest BCUT2D eigenvalue weighted by Crippen LogP contribution is -2.24. The Labute approximate surface area is 204 Å². The van der Waals surface area contributed by atoms with Gasteiger partial charge < -0.3 is 15.2 Å². The van der Waals surface area contributed by atoms with Crippen molar-refractivity contribution in [3.8, 4) is 0 Å². The number of nitrogens with zero attached hydrogens (tertiary/aromatic N) is 3. The van der Waals surface area contributed by atoms with Crippen LogP contribution in [0.15, 0.2) is 60.3 Å². The van der Waals surface area contributed by atoms with E-state index in [9.17, 15) is 9.59 Å². The molecule has 7 nitrogen and oxygen atoms in total. The van der Waals surface area contributed by atoms with E-state index in [1.807, 2.05) is 0 Å². The van der Waals surface area contributed by atoms with Gasteiger partial charge in [0.15, 0.2) is 11.0 Å². The second-order valence-electron chi connectivity index (χ2n) is 6.45. The summed E-state index contributed by atoms with van der Waals surface area (Å²) >= 11 is 19.1. The molecular weight excluding hydrogens is 493 g/mol. The van der Waals surface area contributed by atoms with Gasteiger partial charge in [-0.25, -0.2) is 0 Å². The molecule has 0 saturated heterocycles. The van der Waals surface area contributed by atoms with Crippen molar-refractivity contribution >= 4 is 64.1 Å². The van der Waals surface area contributed by atoms with Gasteiger partial charge in [0.2, 0.25) is 5.91 Å². The van der Waals surface area contributed by atoms with Crippen molar-refractivity contribution in [2.45, 2.75) is 18.2 Å². The maximum absolute atomic E-state index is 12.3. The highest BCUT2D eigenvalue weighted by Gasteiger charge is 2.15. The van der Waals surface area contributed by atoms with Gasteiger partial charge in [-0.1, -0.05) is 52.6 Å². The SMILES string of the molecule is C=CCn1c(CNC(=O)c2ccc(Cl)cc2)nnc1SCC(=O)Nc1cc(Cl)ccc1Cl. The average Bonchev–Trinajstić information content (AvgIpc) is 3.15. The Morgan fingerprint density at radius 1 is 1.06 bits per heavy atom. The van der Waals surface area contributed by atoms with E-state index in [-0.39, 0.29) is 24.1 Å². The van der Waals surface area contributed by atoms with Crippen LogP contribution in [0.1, 0.15) is 16.2 Å². The zero-order valence-corrected chi connectivity index (χ0v) is 19.7. The molecule has 0 radical (unpaired) electrons. The first-order chi connectivity index (χ1) is 15.4. The molecule has 0 fully saturated rings. The fourth-order valence-electron chi connectivity index (χ4n) is 2.64. The molecule has 166 valence electrons. The number of halogens is 3. The van der Waals surface area contributed by atoms with Crippen LogP contribution in [0.3, 0.4) is 0 Å². The summed E-state index contributed by atoms with van der Waals surface area (Å²) in [6.07, 6.45) is 1.68. The molecule has 1 heterocycles. The number of hydrogen-bond donors (Lipinski definition) is 2. The third kappa shape index (κ3) is 6.49. The maximum atomic E-state index is 12.3. The second kappa shape index (κ2) is 11.4. The van der Waals surface area contributed by atoms with E-state index >= 15 is 0 Å². The molecule has 0 saturated carbocycles. The summed E-state index contributed by atoms with van der Waals surface area (Å²) in [5, 5.41) is 15.7. The van der Waals surface area contributed by atoms with Crippen LogP contribution in [-0.4, -0.2) is 32.3 Å². The molecule has 0 aliphatic carbocycles. The first-order valence-corrected chi connectivity index (χ1v) is 11.4. The van der Waals surface area contributed by atoms with Crippen LogP contribution in [0.4, 0.5) is 5.69 Å². The molecule has 0 unspecified atom stereocenters. The van der Waals surface area contributed by atoms with E-state index in [1.54, 1.807) is 53.1 Å². The highest BCUT2D eigenvalue weighted by Crippen LogP contribution is 2.26. The Morgan fingerprint density at radius 2 is 1.78 bits per heavy atom. The first kappa shape index (κ1) is 24.1. The number of benzene rings is 2. The zero-order valence-electron chi connectivity index (χ0n) is 16.6. The largest absolute Gasteiger partial charge is 0.345 e. The Balaban J connectivity index is 1.61. The molecule has 1 aromatic heterocycles. The summed E-state index contributed by atoms with van der Waals surface area (Å²) in [5.41, 5.74) is 0.915. The van der Waals surface area contributed by atoms with Crippen LogP contribution in [-0.2, 0) is 17.9 Å². The van der Waals surface area contributed by atoms with Crippen molar-refractivity contribution < 1.29 is 9.59 Å². The van der Waals surface area contributed by atoms with Gasteiger partial charge in [0.1, 0.15) is 0 Å². The van der Waals surface area contributed by atoms with Crippen LogP contribution < -0.4 is 10.6 Å². The number of allylic oxidation sites excluding steroid dienone is 1. The number of amides is 2. The lowest BCUT2D eigenvalue weighted by molar-refractivity contribution is -0.113. The number of carbonyl (C=O) groups is 2. The molecular formula is C21H18Cl3N5O2S. The summed E-state index contributed by atoms with van der Waals surface area (Å²) in [7, 11) is 0. The predicted molar refractivity (Wildman–Crippen MR) is 129 cm³/mol. The number of rotatable bonds is 9. The minimum Gasteiger partial charge on any atom is -0.345 e. The van der Waals surface area contributed by atoms with Crippen LogP contribution in [0, 0.1) is 0 Å². The minimum atomic E-state index is -0.273. The number of aromatic nitrogens is 3. The Hall–Kier alpha value is -2.52. The van der Waals surface area contributed by atoms with Crippen molar-refractivity contribution in [2.24, 2.45) is 0 Å². The van der Waals surface area contributed by atoms with Gasteiger partial charge >= 0.3 is 0 Å². The topological polar surface area (TPSA) is 88.9 Å². The van der Waals surface area contributed by atoms with E-state index in [0.29, 0.717) is 43.8 Å². The molecule has 2 aromatic carbocycles. The Bertz CT molecular complexity index is 1130. The zero-order chi connectivity index (χ0) is 23.1. The van der Waals surface area contributed by atoms with Crippen LogP contribution in [0.2, 0.25) is 15.1 Å². The van der Waals surface area contributed by atoms with Crippen LogP contribution in [0.25, 0.3) is 0 Å². The Kier molecular flexibility index (Phi) is 8.58. The van der Waals surface area contributed by atoms with E-state index in [4.69, 9.17) is 34.8 Å². The number of carbonyl (C=O) groups excluding carboxylic acids is 2. The highest BCUT2D eigenvalue weighted by molar-refractivity contribution is 7.99. The van der Waals surface area contributed by atoms with Gasteiger partial charge in [-0.15, -0.1) is 16.8 Å². The van der Waals surface area contributed by atoms with Crippen molar-refractivity contribution in [1.82, 2.24) is 20.1 Å². The van der Waals surface area contributed by atoms with E-state index in [2.05, 4.69) is 27.4 Å². The Morgan fingerprint density at radius 3 is 2.50 bits per heavy atom. The van der Waals surface area contributed by atoms with Crippen molar-refractivity contribution in [1.29, 1.82) is 0 Å². The summed E-state index contributed by atoms with van der Waals surface area (Å²) in [6.45, 7) is 4.33. The molecule has 2 amide bonds. The number of hydrogen-bond acceptors (Lipinski definition) is 5. The molecule has 0 aliphatic rings. The van der Waals surface area contributed by atoms with Crippen LogP contribution >= 0.6 is 46.6 Å². The third-order valence-corrected chi connectivity index (χ3v) is 5.94. The molecule has 0 aliphatic heterocycles. The lowest BCUT2D eigenvalue weighted by Gasteiger charge is -2.10. The second-order valence-corrected chi connectivity index (χ2v) is 8.67. The number of thioether (sulfide) groups is 1. The van der Waals surface area contributed by atoms with E-state index < -0.39 is 0 Å². The highest BCUT2D eigenvalue weighted by atomic mass is 35.5. The first-order valence-electron chi connectivity index (χ1n) is 9.32. The third-order valence-electron chi connectivity index (χ3n) is 4.15. The van der Waals surface area contributed by atoms with Crippen molar-refractivity contribution in [3.63, 3.8) is 0 Å². The molecule has 11 heteroatoms. The van der Waals surface area contributed by atoms with Gasteiger partial charge in [-0.05, 0) is 42.5 Å². The molecule has 0 spiro atoms. The van der Waals surface area contributed by atoms with Crippen molar-refractivity contribution in [2.75, 3.05) is 11.1 Å². The summed E-state index contributed by atoms with van der Waals surface area (Å²) in [5.74, 6) is 0.0784.